The summed E-state index contributed by atoms with van der Waals surface area (Å²) in [6.45, 7) is 0. The Bertz CT molecular complexity index is 2760. The van der Waals surface area contributed by atoms with Crippen molar-refractivity contribution in [1.82, 2.24) is 7.94 Å². The van der Waals surface area contributed by atoms with E-state index >= 15 is 0 Å². The van der Waals surface area contributed by atoms with E-state index in [-0.39, 0.29) is 32.7 Å². The van der Waals surface area contributed by atoms with Gasteiger partial charge in [0.15, 0.2) is 11.6 Å². The minimum atomic E-state index is -4.01. The molecule has 0 radical (unpaired) electrons. The van der Waals surface area contributed by atoms with Gasteiger partial charge < -0.3 is 14.9 Å². The van der Waals surface area contributed by atoms with Crippen LogP contribution in [0.4, 0.5) is 0 Å². The first-order valence-corrected chi connectivity index (χ1v) is 19.4. The van der Waals surface area contributed by atoms with E-state index in [9.17, 15) is 36.6 Å². The van der Waals surface area contributed by atoms with Crippen LogP contribution in [-0.2, 0) is 40.8 Å². The van der Waals surface area contributed by atoms with Gasteiger partial charge in [-0.15, -0.1) is 0 Å². The van der Waals surface area contributed by atoms with Gasteiger partial charge in [0.1, 0.15) is 17.0 Å². The van der Waals surface area contributed by atoms with Crippen LogP contribution in [0.25, 0.3) is 21.8 Å². The zero-order chi connectivity index (χ0) is 38.3. The molecule has 54 heavy (non-hydrogen) atoms. The first-order chi connectivity index (χ1) is 25.8. The van der Waals surface area contributed by atoms with Gasteiger partial charge in [0.05, 0.1) is 39.3 Å². The van der Waals surface area contributed by atoms with Crippen molar-refractivity contribution in [2.24, 2.45) is 0 Å². The summed E-state index contributed by atoms with van der Waals surface area (Å²) >= 11 is 0. The molecule has 0 bridgehead atoms. The predicted molar refractivity (Wildman–Crippen MR) is 203 cm³/mol. The first kappa shape index (κ1) is 36.2. The maximum Gasteiger partial charge on any atom is 0.268 e. The Hall–Kier alpha value is -6.12. The highest BCUT2D eigenvalue weighted by molar-refractivity contribution is 7.90. The standard InChI is InChI=1S/C21H17NO5S.C20H15NO4S/c1-27-17-7-8-19-15(13-17)14-20(21(24)11-9-16(23)10-12-21)22(19)28(25,26)18-5-3-2-4-6-18;22-16-10-12-20(23,13-11-16)19-14-15-6-4-5-9-18(15)21(19)26(24,25)17-7-2-1-3-8-17/h2-14,24H,1H3;1-14,23H. The lowest BCUT2D eigenvalue weighted by atomic mass is 9.94. The maximum absolute atomic E-state index is 13.4. The van der Waals surface area contributed by atoms with Crippen molar-refractivity contribution in [2.75, 3.05) is 7.11 Å². The molecule has 2 aliphatic rings. The smallest absolute Gasteiger partial charge is 0.268 e. The van der Waals surface area contributed by atoms with E-state index in [1.807, 2.05) is 0 Å². The topological polar surface area (TPSA) is 162 Å². The van der Waals surface area contributed by atoms with Crippen LogP contribution in [-0.4, -0.2) is 53.7 Å². The second-order valence-corrected chi connectivity index (χ2v) is 16.1. The number of carbonyl (C=O) groups is 2. The van der Waals surface area contributed by atoms with E-state index in [1.165, 1.54) is 80.0 Å². The second-order valence-electron chi connectivity index (χ2n) is 12.5. The number of aliphatic hydroxyl groups is 2. The summed E-state index contributed by atoms with van der Waals surface area (Å²) in [7, 11) is -6.44. The Morgan fingerprint density at radius 1 is 0.519 bits per heavy atom. The molecule has 11 nitrogen and oxygen atoms in total. The quantitative estimate of drug-likeness (QED) is 0.213. The second kappa shape index (κ2) is 13.7. The van der Waals surface area contributed by atoms with Gasteiger partial charge in [0, 0.05) is 10.8 Å². The summed E-state index contributed by atoms with van der Waals surface area (Å²) in [5.74, 6) is 0.0216. The number of hydrogen-bond acceptors (Lipinski definition) is 9. The highest BCUT2D eigenvalue weighted by Gasteiger charge is 2.36. The van der Waals surface area contributed by atoms with E-state index < -0.39 is 31.2 Å². The number of fused-ring (bicyclic) bond motifs is 2. The van der Waals surface area contributed by atoms with Crippen molar-refractivity contribution in [1.29, 1.82) is 0 Å². The van der Waals surface area contributed by atoms with Gasteiger partial charge in [-0.2, -0.15) is 0 Å². The van der Waals surface area contributed by atoms with E-state index in [1.54, 1.807) is 91.0 Å². The lowest BCUT2D eigenvalue weighted by molar-refractivity contribution is -0.111. The number of ketones is 2. The SMILES string of the molecule is COc1ccc2c(c1)cc(C1(O)C=CC(=O)C=C1)n2S(=O)(=O)c1ccccc1.O=C1C=CC(O)(c2cc3ccccc3n2S(=O)(=O)c2ccccc2)C=C1. The van der Waals surface area contributed by atoms with E-state index in [0.717, 1.165) is 7.94 Å². The summed E-state index contributed by atoms with van der Waals surface area (Å²) in [4.78, 5) is 23.2. The lowest BCUT2D eigenvalue weighted by Crippen LogP contribution is -2.29. The average molecular weight is 761 g/mol. The minimum absolute atomic E-state index is 0.0908. The average Bonchev–Trinajstić information content (AvgIpc) is 3.79. The number of nitrogens with zero attached hydrogens (tertiary/aromatic N) is 2. The Morgan fingerprint density at radius 3 is 1.39 bits per heavy atom. The molecule has 0 unspecified atom stereocenters. The fourth-order valence-electron chi connectivity index (χ4n) is 6.30. The molecule has 2 N–H and O–H groups in total. The maximum atomic E-state index is 13.4. The highest BCUT2D eigenvalue weighted by atomic mass is 32.2. The van der Waals surface area contributed by atoms with Crippen LogP contribution in [0.2, 0.25) is 0 Å². The van der Waals surface area contributed by atoms with Crippen molar-refractivity contribution in [3.8, 4) is 5.75 Å². The molecule has 0 amide bonds. The molecule has 0 fully saturated rings. The lowest BCUT2D eigenvalue weighted by Gasteiger charge is -2.24. The van der Waals surface area contributed by atoms with Crippen LogP contribution in [0.5, 0.6) is 5.75 Å². The van der Waals surface area contributed by atoms with Crippen LogP contribution in [0.1, 0.15) is 11.4 Å². The largest absolute Gasteiger partial charge is 0.497 e. The molecular weight excluding hydrogens is 729 g/mol. The third kappa shape index (κ3) is 6.43. The van der Waals surface area contributed by atoms with Gasteiger partial charge in [-0.3, -0.25) is 9.59 Å². The molecule has 2 heterocycles. The Balaban J connectivity index is 0.000000167. The van der Waals surface area contributed by atoms with E-state index in [0.29, 0.717) is 27.6 Å². The van der Waals surface area contributed by atoms with Crippen LogP contribution < -0.4 is 4.74 Å². The van der Waals surface area contributed by atoms with Crippen LogP contribution in [0.3, 0.4) is 0 Å². The molecule has 0 atom stereocenters. The molecular formula is C41H32N2O9S2. The third-order valence-electron chi connectivity index (χ3n) is 9.02. The predicted octanol–water partition coefficient (Wildman–Crippen LogP) is 5.53. The molecule has 272 valence electrons. The van der Waals surface area contributed by atoms with Crippen LogP contribution >= 0.6 is 0 Å². The van der Waals surface area contributed by atoms with Gasteiger partial charge in [0.2, 0.25) is 0 Å². The molecule has 0 saturated carbocycles. The fourth-order valence-corrected chi connectivity index (χ4v) is 9.49. The first-order valence-electron chi connectivity index (χ1n) is 16.5. The summed E-state index contributed by atoms with van der Waals surface area (Å²) in [6, 6.07) is 31.2. The van der Waals surface area contributed by atoms with Crippen molar-refractivity contribution in [3.63, 3.8) is 0 Å². The molecule has 13 heteroatoms. The van der Waals surface area contributed by atoms with Crippen molar-refractivity contribution < 1.29 is 41.4 Å². The molecule has 6 aromatic rings. The number of rotatable bonds is 7. The minimum Gasteiger partial charge on any atom is -0.497 e. The number of hydrogen-bond donors (Lipinski definition) is 2. The number of allylic oxidation sites excluding steroid dienone is 4. The number of methoxy groups -OCH3 is 1. The summed E-state index contributed by atoms with van der Waals surface area (Å²) in [6.07, 6.45) is 10.1. The monoisotopic (exact) mass is 760 g/mol. The Kier molecular flexibility index (Phi) is 9.19. The molecule has 0 aliphatic heterocycles. The number of para-hydroxylation sites is 1. The number of ether oxygens (including phenoxy) is 1. The number of carbonyl (C=O) groups excluding carboxylic acids is 2. The highest BCUT2D eigenvalue weighted by Crippen LogP contribution is 2.37. The number of benzene rings is 4. The number of aromatic nitrogens is 2. The molecule has 0 spiro atoms. The molecule has 8 rings (SSSR count). The van der Waals surface area contributed by atoms with Crippen LogP contribution in [0, 0.1) is 0 Å². The van der Waals surface area contributed by atoms with Crippen molar-refractivity contribution >= 4 is 53.4 Å². The molecule has 2 aliphatic carbocycles. The zero-order valence-electron chi connectivity index (χ0n) is 28.6. The van der Waals surface area contributed by atoms with Gasteiger partial charge in [-0.1, -0.05) is 54.6 Å². The third-order valence-corrected chi connectivity index (χ3v) is 12.5. The van der Waals surface area contributed by atoms with Crippen molar-refractivity contribution in [2.45, 2.75) is 21.0 Å². The van der Waals surface area contributed by atoms with Crippen molar-refractivity contribution in [3.05, 3.63) is 175 Å². The Labute approximate surface area is 310 Å². The van der Waals surface area contributed by atoms with Gasteiger partial charge >= 0.3 is 0 Å². The van der Waals surface area contributed by atoms with Gasteiger partial charge in [-0.05, 0) is 109 Å². The molecule has 4 aromatic carbocycles. The van der Waals surface area contributed by atoms with E-state index in [4.69, 9.17) is 4.74 Å². The van der Waals surface area contributed by atoms with Gasteiger partial charge in [-0.25, -0.2) is 24.8 Å². The summed E-state index contributed by atoms with van der Waals surface area (Å²) in [5.41, 5.74) is -2.33. The summed E-state index contributed by atoms with van der Waals surface area (Å²) < 4.78 is 61.0. The normalized spacial score (nSPS) is 16.1. The molecule has 2 aromatic heterocycles. The molecule has 0 saturated heterocycles. The Morgan fingerprint density at radius 2 is 0.926 bits per heavy atom. The zero-order valence-corrected chi connectivity index (χ0v) is 30.2. The van der Waals surface area contributed by atoms with E-state index in [2.05, 4.69) is 0 Å². The summed E-state index contributed by atoms with van der Waals surface area (Å²) in [5, 5.41) is 23.4. The van der Waals surface area contributed by atoms with Gasteiger partial charge in [0.25, 0.3) is 20.0 Å². The fraction of sp³-hybridized carbons (Fsp3) is 0.0732. The van der Waals surface area contributed by atoms with Crippen LogP contribution in [0.15, 0.2) is 174 Å².